The van der Waals surface area contributed by atoms with Gasteiger partial charge in [-0.25, -0.2) is 0 Å². The Labute approximate surface area is 170 Å². The van der Waals surface area contributed by atoms with Gasteiger partial charge in [-0.2, -0.15) is 0 Å². The molecule has 4 nitrogen and oxygen atoms in total. The Morgan fingerprint density at radius 1 is 1.14 bits per heavy atom. The fourth-order valence-electron chi connectivity index (χ4n) is 7.71. The molecule has 0 aromatic heterocycles. The van der Waals surface area contributed by atoms with Gasteiger partial charge in [0.2, 0.25) is 0 Å². The van der Waals surface area contributed by atoms with E-state index in [2.05, 4.69) is 39.5 Å². The topological polar surface area (TPSA) is 42.1 Å². The van der Waals surface area contributed by atoms with E-state index in [1.54, 1.807) is 0 Å². The third kappa shape index (κ3) is 3.14. The Hall–Kier alpha value is -0.610. The highest BCUT2D eigenvalue weighted by atomic mass is 16.6. The highest BCUT2D eigenvalue weighted by Gasteiger charge is 2.67. The second-order valence-corrected chi connectivity index (χ2v) is 12.0. The molecule has 3 heterocycles. The predicted octanol–water partition coefficient (Wildman–Crippen LogP) is 4.13. The third-order valence-corrected chi connectivity index (χ3v) is 8.95. The molecule has 0 bridgehead atoms. The van der Waals surface area contributed by atoms with Gasteiger partial charge in [-0.1, -0.05) is 27.7 Å². The summed E-state index contributed by atoms with van der Waals surface area (Å²) in [4.78, 5) is 15.6. The lowest BCUT2D eigenvalue weighted by Gasteiger charge is -2.45. The predicted molar refractivity (Wildman–Crippen MR) is 109 cm³/mol. The van der Waals surface area contributed by atoms with Crippen LogP contribution >= 0.6 is 0 Å². The van der Waals surface area contributed by atoms with Gasteiger partial charge in [0, 0.05) is 24.9 Å². The minimum absolute atomic E-state index is 0.0598. The first kappa shape index (κ1) is 19.4. The fourth-order valence-corrected chi connectivity index (χ4v) is 7.71. The van der Waals surface area contributed by atoms with Crippen molar-refractivity contribution in [2.75, 3.05) is 19.6 Å². The van der Waals surface area contributed by atoms with Crippen molar-refractivity contribution in [3.05, 3.63) is 0 Å². The monoisotopic (exact) mass is 389 g/mol. The number of rotatable bonds is 2. The van der Waals surface area contributed by atoms with Gasteiger partial charge < -0.3 is 14.4 Å². The number of likely N-dealkylation sites (tertiary alicyclic amines) is 1. The minimum Gasteiger partial charge on any atom is -0.461 e. The van der Waals surface area contributed by atoms with Crippen LogP contribution in [0.2, 0.25) is 0 Å². The Morgan fingerprint density at radius 2 is 1.93 bits per heavy atom. The molecular formula is C24H39NO3. The molecule has 0 aromatic carbocycles. The third-order valence-electron chi connectivity index (χ3n) is 8.95. The summed E-state index contributed by atoms with van der Waals surface area (Å²) in [5.74, 6) is 3.08. The van der Waals surface area contributed by atoms with Crippen molar-refractivity contribution in [1.82, 2.24) is 4.90 Å². The van der Waals surface area contributed by atoms with Crippen LogP contribution in [0.3, 0.4) is 0 Å². The molecule has 0 unspecified atom stereocenters. The van der Waals surface area contributed by atoms with Crippen molar-refractivity contribution in [3.63, 3.8) is 0 Å². The van der Waals surface area contributed by atoms with Crippen LogP contribution in [-0.4, -0.2) is 48.3 Å². The number of esters is 1. The molecule has 0 N–H and O–H groups in total. The van der Waals surface area contributed by atoms with Gasteiger partial charge in [-0.05, 0) is 68.7 Å². The summed E-state index contributed by atoms with van der Waals surface area (Å²) >= 11 is 0. The van der Waals surface area contributed by atoms with E-state index in [0.717, 1.165) is 32.0 Å². The van der Waals surface area contributed by atoms with Gasteiger partial charge in [0.05, 0.1) is 17.6 Å². The standard InChI is InChI=1S/C24H39NO3/c1-14-7-9-25(13-23(3,4)11-14)12-18-17-10-15(2)16-6-8-24(5)21(28-24)19(16)20(17)27-22(18)26/h14-21H,6-13H2,1-5H3/t14-,15+,16-,17-,18-,19-,20-,21-,24+/m0/s1. The van der Waals surface area contributed by atoms with Gasteiger partial charge in [0.15, 0.2) is 0 Å². The van der Waals surface area contributed by atoms with Crippen LogP contribution in [-0.2, 0) is 14.3 Å². The Balaban J connectivity index is 1.34. The summed E-state index contributed by atoms with van der Waals surface area (Å²) in [7, 11) is 0. The van der Waals surface area contributed by atoms with Crippen molar-refractivity contribution in [3.8, 4) is 0 Å². The van der Waals surface area contributed by atoms with E-state index >= 15 is 0 Å². The maximum absolute atomic E-state index is 13.0. The number of hydrogen-bond acceptors (Lipinski definition) is 4. The second kappa shape index (κ2) is 6.44. The number of carbonyl (C=O) groups excluding carboxylic acids is 1. The maximum atomic E-state index is 13.0. The smallest absolute Gasteiger partial charge is 0.310 e. The molecule has 3 aliphatic heterocycles. The lowest BCUT2D eigenvalue weighted by atomic mass is 9.58. The average Bonchev–Trinajstić information content (AvgIpc) is 3.23. The Kier molecular flexibility index (Phi) is 4.45. The van der Waals surface area contributed by atoms with Crippen LogP contribution in [0, 0.1) is 40.9 Å². The van der Waals surface area contributed by atoms with Crippen molar-refractivity contribution in [2.45, 2.75) is 84.5 Å². The van der Waals surface area contributed by atoms with Crippen LogP contribution < -0.4 is 0 Å². The second-order valence-electron chi connectivity index (χ2n) is 12.0. The molecule has 3 saturated heterocycles. The first-order chi connectivity index (χ1) is 13.2. The van der Waals surface area contributed by atoms with Gasteiger partial charge in [0.25, 0.3) is 0 Å². The zero-order chi connectivity index (χ0) is 19.8. The molecule has 5 aliphatic rings. The highest BCUT2D eigenvalue weighted by Crippen LogP contribution is 2.61. The van der Waals surface area contributed by atoms with Crippen molar-refractivity contribution in [2.24, 2.45) is 40.9 Å². The number of ether oxygens (including phenoxy) is 2. The number of fused-ring (bicyclic) bond motifs is 5. The van der Waals surface area contributed by atoms with E-state index < -0.39 is 0 Å². The van der Waals surface area contributed by atoms with E-state index in [9.17, 15) is 4.79 Å². The molecule has 2 saturated carbocycles. The van der Waals surface area contributed by atoms with Gasteiger partial charge in [-0.15, -0.1) is 0 Å². The van der Waals surface area contributed by atoms with Crippen LogP contribution in [0.4, 0.5) is 0 Å². The van der Waals surface area contributed by atoms with E-state index in [1.165, 1.54) is 25.7 Å². The first-order valence-electron chi connectivity index (χ1n) is 11.8. The van der Waals surface area contributed by atoms with E-state index in [-0.39, 0.29) is 23.6 Å². The summed E-state index contributed by atoms with van der Waals surface area (Å²) in [6, 6.07) is 0. The summed E-state index contributed by atoms with van der Waals surface area (Å²) in [5, 5.41) is 0. The molecule has 0 radical (unpaired) electrons. The average molecular weight is 390 g/mol. The zero-order valence-electron chi connectivity index (χ0n) is 18.4. The Morgan fingerprint density at radius 3 is 2.71 bits per heavy atom. The molecule has 0 spiro atoms. The van der Waals surface area contributed by atoms with Crippen LogP contribution in [0.5, 0.6) is 0 Å². The summed E-state index contributed by atoms with van der Waals surface area (Å²) in [6.07, 6.45) is 6.52. The molecule has 9 atom stereocenters. The molecule has 28 heavy (non-hydrogen) atoms. The first-order valence-corrected chi connectivity index (χ1v) is 11.8. The van der Waals surface area contributed by atoms with Crippen LogP contribution in [0.15, 0.2) is 0 Å². The van der Waals surface area contributed by atoms with E-state index in [0.29, 0.717) is 35.2 Å². The van der Waals surface area contributed by atoms with Crippen LogP contribution in [0.1, 0.15) is 66.7 Å². The molecule has 4 heteroatoms. The molecule has 2 aliphatic carbocycles. The summed E-state index contributed by atoms with van der Waals surface area (Å²) < 4.78 is 12.3. The van der Waals surface area contributed by atoms with Crippen molar-refractivity contribution in [1.29, 1.82) is 0 Å². The molecule has 5 fully saturated rings. The van der Waals surface area contributed by atoms with Gasteiger partial charge in [0.1, 0.15) is 6.10 Å². The van der Waals surface area contributed by atoms with Crippen molar-refractivity contribution >= 4 is 5.97 Å². The summed E-state index contributed by atoms with van der Waals surface area (Å²) in [5.41, 5.74) is 0.397. The number of hydrogen-bond donors (Lipinski definition) is 0. The maximum Gasteiger partial charge on any atom is 0.310 e. The number of nitrogens with zero attached hydrogens (tertiary/aromatic N) is 1. The normalized spacial score (nSPS) is 52.8. The molecule has 0 amide bonds. The lowest BCUT2D eigenvalue weighted by Crippen LogP contribution is -2.49. The van der Waals surface area contributed by atoms with E-state index in [4.69, 9.17) is 9.47 Å². The zero-order valence-corrected chi connectivity index (χ0v) is 18.4. The van der Waals surface area contributed by atoms with Crippen molar-refractivity contribution < 1.29 is 14.3 Å². The quantitative estimate of drug-likeness (QED) is 0.526. The molecule has 0 aromatic rings. The lowest BCUT2D eigenvalue weighted by molar-refractivity contribution is -0.149. The van der Waals surface area contributed by atoms with Crippen LogP contribution in [0.25, 0.3) is 0 Å². The number of epoxide rings is 1. The SMILES string of the molecule is C[C@H]1CCN(C[C@@H]2C(=O)O[C@H]3[C@H]2C[C@@H](C)[C@@H]2CC[C@@]4(C)O[C@H]4[C@@H]23)CC(C)(C)C1. The fraction of sp³-hybridized carbons (Fsp3) is 0.958. The highest BCUT2D eigenvalue weighted by molar-refractivity contribution is 5.75. The molecule has 158 valence electrons. The van der Waals surface area contributed by atoms with Gasteiger partial charge in [-0.3, -0.25) is 4.79 Å². The summed E-state index contributed by atoms with van der Waals surface area (Å²) in [6.45, 7) is 14.9. The molecule has 5 rings (SSSR count). The minimum atomic E-state index is 0.0598. The Bertz CT molecular complexity index is 648. The van der Waals surface area contributed by atoms with E-state index in [1.807, 2.05) is 0 Å². The van der Waals surface area contributed by atoms with Gasteiger partial charge >= 0.3 is 5.97 Å². The molecular weight excluding hydrogens is 350 g/mol. The largest absolute Gasteiger partial charge is 0.461 e. The number of carbonyl (C=O) groups is 1.